The van der Waals surface area contributed by atoms with Crippen molar-refractivity contribution in [2.24, 2.45) is 0 Å². The number of benzene rings is 1. The Morgan fingerprint density at radius 3 is 2.53 bits per heavy atom. The molecule has 0 unspecified atom stereocenters. The van der Waals surface area contributed by atoms with Crippen LogP contribution in [0.3, 0.4) is 0 Å². The van der Waals surface area contributed by atoms with E-state index >= 15 is 0 Å². The lowest BCUT2D eigenvalue weighted by Crippen LogP contribution is -2.37. The van der Waals surface area contributed by atoms with E-state index in [1.165, 1.54) is 0 Å². The molecule has 0 fully saturated rings. The highest BCUT2D eigenvalue weighted by atomic mass is 35.5. The number of anilines is 1. The van der Waals surface area contributed by atoms with Crippen molar-refractivity contribution in [3.8, 4) is 0 Å². The molecule has 0 saturated carbocycles. The van der Waals surface area contributed by atoms with E-state index in [9.17, 15) is 9.59 Å². The topological polar surface area (TPSA) is 70.2 Å². The van der Waals surface area contributed by atoms with E-state index in [2.05, 4.69) is 16.0 Å². The summed E-state index contributed by atoms with van der Waals surface area (Å²) in [5.74, 6) is -0.549. The van der Waals surface area contributed by atoms with Crippen molar-refractivity contribution in [1.29, 1.82) is 0 Å². The first-order valence-electron chi connectivity index (χ1n) is 6.16. The zero-order valence-electron chi connectivity index (χ0n) is 11.0. The molecule has 0 heterocycles. The van der Waals surface area contributed by atoms with Crippen LogP contribution in [0.4, 0.5) is 5.69 Å². The Labute approximate surface area is 117 Å². The fourth-order valence-corrected chi connectivity index (χ4v) is 1.74. The number of likely N-dealkylation sites (N-methyl/N-ethyl adjacent to an activating group) is 1. The zero-order chi connectivity index (χ0) is 14.3. The molecule has 1 rings (SSSR count). The molecule has 0 aromatic heterocycles. The third-order valence-corrected chi connectivity index (χ3v) is 2.61. The van der Waals surface area contributed by atoms with Crippen LogP contribution in [0.25, 0.3) is 0 Å². The summed E-state index contributed by atoms with van der Waals surface area (Å²) in [6, 6.07) is 5.03. The second-order valence-corrected chi connectivity index (χ2v) is 4.29. The molecule has 0 spiro atoms. The SMILES string of the molecule is CCNC(=O)CNC(=O)c1cc(Cl)ccc1NCC. The van der Waals surface area contributed by atoms with Gasteiger partial charge in [0.25, 0.3) is 5.91 Å². The highest BCUT2D eigenvalue weighted by Gasteiger charge is 2.12. The summed E-state index contributed by atoms with van der Waals surface area (Å²) in [6.45, 7) is 4.93. The van der Waals surface area contributed by atoms with Crippen molar-refractivity contribution in [3.05, 3.63) is 28.8 Å². The standard InChI is InChI=1S/C13H18ClN3O2/c1-3-15-11-6-5-9(14)7-10(11)13(19)17-8-12(18)16-4-2/h5-7,15H,3-4,8H2,1-2H3,(H,16,18)(H,17,19). The van der Waals surface area contributed by atoms with Crippen LogP contribution in [0, 0.1) is 0 Å². The van der Waals surface area contributed by atoms with Gasteiger partial charge < -0.3 is 16.0 Å². The number of amides is 2. The average Bonchev–Trinajstić information content (AvgIpc) is 2.38. The quantitative estimate of drug-likeness (QED) is 0.743. The van der Waals surface area contributed by atoms with Gasteiger partial charge in [0.1, 0.15) is 0 Å². The lowest BCUT2D eigenvalue weighted by atomic mass is 10.1. The van der Waals surface area contributed by atoms with Crippen LogP contribution >= 0.6 is 11.6 Å². The molecule has 0 radical (unpaired) electrons. The summed E-state index contributed by atoms with van der Waals surface area (Å²) in [5.41, 5.74) is 1.12. The molecule has 19 heavy (non-hydrogen) atoms. The predicted octanol–water partition coefficient (Wildman–Crippen LogP) is 1.64. The Hall–Kier alpha value is -1.75. The highest BCUT2D eigenvalue weighted by molar-refractivity contribution is 6.31. The van der Waals surface area contributed by atoms with Gasteiger partial charge in [0, 0.05) is 23.8 Å². The molecule has 1 aromatic carbocycles. The maximum Gasteiger partial charge on any atom is 0.253 e. The van der Waals surface area contributed by atoms with Gasteiger partial charge in [-0.3, -0.25) is 9.59 Å². The molecule has 2 amide bonds. The van der Waals surface area contributed by atoms with E-state index < -0.39 is 0 Å². The number of carbonyl (C=O) groups is 2. The molecule has 0 saturated heterocycles. The molecule has 6 heteroatoms. The summed E-state index contributed by atoms with van der Waals surface area (Å²) in [5, 5.41) is 8.72. The first-order valence-corrected chi connectivity index (χ1v) is 6.54. The van der Waals surface area contributed by atoms with Crippen molar-refractivity contribution in [2.75, 3.05) is 25.0 Å². The van der Waals surface area contributed by atoms with E-state index in [1.54, 1.807) is 18.2 Å². The number of hydrogen-bond donors (Lipinski definition) is 3. The first kappa shape index (κ1) is 15.3. The van der Waals surface area contributed by atoms with E-state index in [0.29, 0.717) is 29.4 Å². The van der Waals surface area contributed by atoms with Gasteiger partial charge in [-0.1, -0.05) is 11.6 Å². The van der Waals surface area contributed by atoms with Crippen LogP contribution in [0.2, 0.25) is 5.02 Å². The minimum atomic E-state index is -0.329. The van der Waals surface area contributed by atoms with Gasteiger partial charge >= 0.3 is 0 Å². The van der Waals surface area contributed by atoms with Gasteiger partial charge in [-0.25, -0.2) is 0 Å². The van der Waals surface area contributed by atoms with Crippen LogP contribution < -0.4 is 16.0 Å². The summed E-state index contributed by atoms with van der Waals surface area (Å²) in [6.07, 6.45) is 0. The van der Waals surface area contributed by atoms with E-state index in [-0.39, 0.29) is 18.4 Å². The highest BCUT2D eigenvalue weighted by Crippen LogP contribution is 2.20. The summed E-state index contributed by atoms with van der Waals surface area (Å²) in [7, 11) is 0. The van der Waals surface area contributed by atoms with Crippen LogP contribution in [-0.4, -0.2) is 31.4 Å². The maximum atomic E-state index is 12.0. The second-order valence-electron chi connectivity index (χ2n) is 3.86. The second kappa shape index (κ2) is 7.63. The fraction of sp³-hybridized carbons (Fsp3) is 0.385. The van der Waals surface area contributed by atoms with Gasteiger partial charge in [0.05, 0.1) is 12.1 Å². The third kappa shape index (κ3) is 4.79. The smallest absolute Gasteiger partial charge is 0.253 e. The molecule has 3 N–H and O–H groups in total. The molecule has 5 nitrogen and oxygen atoms in total. The van der Waals surface area contributed by atoms with Gasteiger partial charge in [-0.05, 0) is 32.0 Å². The monoisotopic (exact) mass is 283 g/mol. The number of carbonyl (C=O) groups excluding carboxylic acids is 2. The third-order valence-electron chi connectivity index (χ3n) is 2.38. The maximum absolute atomic E-state index is 12.0. The average molecular weight is 284 g/mol. The number of rotatable bonds is 6. The molecule has 0 aliphatic carbocycles. The van der Waals surface area contributed by atoms with Crippen LogP contribution in [0.15, 0.2) is 18.2 Å². The Bertz CT molecular complexity index is 463. The lowest BCUT2D eigenvalue weighted by molar-refractivity contribution is -0.120. The van der Waals surface area contributed by atoms with E-state index in [4.69, 9.17) is 11.6 Å². The van der Waals surface area contributed by atoms with E-state index in [0.717, 1.165) is 0 Å². The van der Waals surface area contributed by atoms with Crippen LogP contribution in [0.5, 0.6) is 0 Å². The minimum Gasteiger partial charge on any atom is -0.385 e. The predicted molar refractivity (Wildman–Crippen MR) is 76.6 cm³/mol. The fourth-order valence-electron chi connectivity index (χ4n) is 1.56. The lowest BCUT2D eigenvalue weighted by Gasteiger charge is -2.11. The van der Waals surface area contributed by atoms with Gasteiger partial charge in [0.15, 0.2) is 0 Å². The van der Waals surface area contributed by atoms with Crippen molar-refractivity contribution >= 4 is 29.1 Å². The summed E-state index contributed by atoms with van der Waals surface area (Å²) < 4.78 is 0. The molecule has 0 bridgehead atoms. The van der Waals surface area contributed by atoms with E-state index in [1.807, 2.05) is 13.8 Å². The number of nitrogens with one attached hydrogen (secondary N) is 3. The molecule has 0 aliphatic heterocycles. The Kier molecular flexibility index (Phi) is 6.15. The molecule has 1 aromatic rings. The van der Waals surface area contributed by atoms with Gasteiger partial charge in [-0.15, -0.1) is 0 Å². The number of halogens is 1. The number of hydrogen-bond acceptors (Lipinski definition) is 3. The largest absolute Gasteiger partial charge is 0.385 e. The van der Waals surface area contributed by atoms with Crippen LogP contribution in [-0.2, 0) is 4.79 Å². The van der Waals surface area contributed by atoms with Crippen molar-refractivity contribution < 1.29 is 9.59 Å². The molecule has 104 valence electrons. The molecular weight excluding hydrogens is 266 g/mol. The Morgan fingerprint density at radius 2 is 1.89 bits per heavy atom. The van der Waals surface area contributed by atoms with Gasteiger partial charge in [0.2, 0.25) is 5.91 Å². The normalized spacial score (nSPS) is 9.84. The molecule has 0 atom stereocenters. The molecule has 0 aliphatic rings. The van der Waals surface area contributed by atoms with Gasteiger partial charge in [-0.2, -0.15) is 0 Å². The zero-order valence-corrected chi connectivity index (χ0v) is 11.8. The molecular formula is C13H18ClN3O2. The minimum absolute atomic E-state index is 0.0508. The van der Waals surface area contributed by atoms with Crippen molar-refractivity contribution in [3.63, 3.8) is 0 Å². The van der Waals surface area contributed by atoms with Crippen molar-refractivity contribution in [1.82, 2.24) is 10.6 Å². The Balaban J connectivity index is 2.75. The van der Waals surface area contributed by atoms with Crippen molar-refractivity contribution in [2.45, 2.75) is 13.8 Å². The Morgan fingerprint density at radius 1 is 1.16 bits per heavy atom. The van der Waals surface area contributed by atoms with Crippen LogP contribution in [0.1, 0.15) is 24.2 Å². The summed E-state index contributed by atoms with van der Waals surface area (Å²) in [4.78, 5) is 23.3. The first-order chi connectivity index (χ1) is 9.08. The summed E-state index contributed by atoms with van der Waals surface area (Å²) >= 11 is 5.89.